The monoisotopic (exact) mass is 374 g/mol. The minimum Gasteiger partial charge on any atom is -0.491 e. The summed E-state index contributed by atoms with van der Waals surface area (Å²) in [6.45, 7) is 4.93. The molecular weight excluding hydrogens is 352 g/mol. The number of methoxy groups -OCH3 is 1. The zero-order chi connectivity index (χ0) is 18.9. The molecule has 0 atom stereocenters. The molecule has 0 aliphatic rings. The summed E-state index contributed by atoms with van der Waals surface area (Å²) in [7, 11) is 1.61. The summed E-state index contributed by atoms with van der Waals surface area (Å²) in [6, 6.07) is 6.94. The molecule has 0 aliphatic heterocycles. The third kappa shape index (κ3) is 5.50. The van der Waals surface area contributed by atoms with Gasteiger partial charge in [0.2, 0.25) is 5.91 Å². The summed E-state index contributed by atoms with van der Waals surface area (Å²) in [5.74, 6) is 0.513. The van der Waals surface area contributed by atoms with Gasteiger partial charge in [0.25, 0.3) is 0 Å². The van der Waals surface area contributed by atoms with Gasteiger partial charge in [0.1, 0.15) is 12.4 Å². The fourth-order valence-electron chi connectivity index (χ4n) is 2.18. The van der Waals surface area contributed by atoms with Crippen LogP contribution in [0.3, 0.4) is 0 Å². The highest BCUT2D eigenvalue weighted by molar-refractivity contribution is 7.14. The van der Waals surface area contributed by atoms with E-state index in [1.54, 1.807) is 42.4 Å². The summed E-state index contributed by atoms with van der Waals surface area (Å²) >= 11 is 1.37. The Balaban J connectivity index is 1.98. The fraction of sp³-hybridized carbons (Fsp3) is 0.316. The number of nitrogens with zero attached hydrogens (tertiary/aromatic N) is 2. The van der Waals surface area contributed by atoms with E-state index in [0.717, 1.165) is 0 Å². The van der Waals surface area contributed by atoms with Crippen LogP contribution in [-0.4, -0.2) is 43.5 Å². The normalized spacial score (nSPS) is 10.9. The minimum absolute atomic E-state index is 0.0544. The lowest BCUT2D eigenvalue weighted by molar-refractivity contribution is -0.116. The van der Waals surface area contributed by atoms with Crippen molar-refractivity contribution >= 4 is 34.2 Å². The number of amides is 1. The van der Waals surface area contributed by atoms with Crippen molar-refractivity contribution in [2.24, 2.45) is 0 Å². The van der Waals surface area contributed by atoms with Crippen molar-refractivity contribution in [3.05, 3.63) is 47.0 Å². The molecule has 0 radical (unpaired) electrons. The van der Waals surface area contributed by atoms with E-state index in [1.165, 1.54) is 24.3 Å². The first-order chi connectivity index (χ1) is 12.5. The van der Waals surface area contributed by atoms with E-state index in [2.05, 4.69) is 4.98 Å². The van der Waals surface area contributed by atoms with Crippen molar-refractivity contribution in [2.75, 3.05) is 31.8 Å². The molecule has 138 valence electrons. The molecule has 6 nitrogen and oxygen atoms in total. The van der Waals surface area contributed by atoms with E-state index >= 15 is 0 Å². The number of thiazole rings is 1. The SMILES string of the molecule is CCN(C(C)=O)c1nc(/C=C\C(=O)c2ccc(OCCOC)cc2)cs1. The number of rotatable bonds is 9. The van der Waals surface area contributed by atoms with Gasteiger partial charge in [-0.25, -0.2) is 4.98 Å². The van der Waals surface area contributed by atoms with Crippen molar-refractivity contribution in [3.8, 4) is 5.75 Å². The van der Waals surface area contributed by atoms with Crippen molar-refractivity contribution in [3.63, 3.8) is 0 Å². The molecule has 0 unspecified atom stereocenters. The van der Waals surface area contributed by atoms with Gasteiger partial charge in [0, 0.05) is 31.5 Å². The highest BCUT2D eigenvalue weighted by Crippen LogP contribution is 2.21. The van der Waals surface area contributed by atoms with E-state index in [4.69, 9.17) is 9.47 Å². The second-order valence-electron chi connectivity index (χ2n) is 5.38. The Morgan fingerprint density at radius 1 is 1.23 bits per heavy atom. The van der Waals surface area contributed by atoms with Gasteiger partial charge in [-0.2, -0.15) is 0 Å². The van der Waals surface area contributed by atoms with Crippen LogP contribution in [0.2, 0.25) is 0 Å². The number of ether oxygens (including phenoxy) is 2. The quantitative estimate of drug-likeness (QED) is 0.382. The minimum atomic E-state index is -0.123. The van der Waals surface area contributed by atoms with Crippen LogP contribution in [0.4, 0.5) is 5.13 Å². The molecule has 1 aromatic heterocycles. The van der Waals surface area contributed by atoms with E-state index in [-0.39, 0.29) is 11.7 Å². The van der Waals surface area contributed by atoms with Gasteiger partial charge < -0.3 is 9.47 Å². The Labute approximate surface area is 157 Å². The fourth-order valence-corrected chi connectivity index (χ4v) is 3.09. The maximum Gasteiger partial charge on any atom is 0.225 e. The Kier molecular flexibility index (Phi) is 7.50. The van der Waals surface area contributed by atoms with Crippen molar-refractivity contribution in [2.45, 2.75) is 13.8 Å². The number of carbonyl (C=O) groups excluding carboxylic acids is 2. The molecule has 7 heteroatoms. The second kappa shape index (κ2) is 9.84. The molecule has 0 fully saturated rings. The number of allylic oxidation sites excluding steroid dienone is 1. The molecular formula is C19H22N2O4S. The molecule has 1 amide bonds. The third-order valence-corrected chi connectivity index (χ3v) is 4.42. The standard InChI is InChI=1S/C19H22N2O4S/c1-4-21(14(2)22)19-20-16(13-26-19)7-10-18(23)15-5-8-17(9-6-15)25-12-11-24-3/h5-10,13H,4,11-12H2,1-3H3/b10-7-. The Morgan fingerprint density at radius 2 is 1.96 bits per heavy atom. The van der Waals surface area contributed by atoms with Gasteiger partial charge in [-0.15, -0.1) is 11.3 Å². The second-order valence-corrected chi connectivity index (χ2v) is 6.22. The number of aromatic nitrogens is 1. The molecule has 1 aromatic carbocycles. The molecule has 0 spiro atoms. The molecule has 1 heterocycles. The highest BCUT2D eigenvalue weighted by atomic mass is 32.1. The van der Waals surface area contributed by atoms with Gasteiger partial charge in [-0.05, 0) is 43.3 Å². The first-order valence-electron chi connectivity index (χ1n) is 8.23. The number of anilines is 1. The lowest BCUT2D eigenvalue weighted by Gasteiger charge is -2.14. The average molecular weight is 374 g/mol. The van der Waals surface area contributed by atoms with Gasteiger partial charge in [0.05, 0.1) is 12.3 Å². The number of ketones is 1. The predicted octanol–water partition coefficient (Wildman–Crippen LogP) is 3.44. The zero-order valence-electron chi connectivity index (χ0n) is 15.1. The number of hydrogen-bond donors (Lipinski definition) is 0. The van der Waals surface area contributed by atoms with Gasteiger partial charge in [-0.3, -0.25) is 14.5 Å². The predicted molar refractivity (Wildman–Crippen MR) is 103 cm³/mol. The molecule has 0 N–H and O–H groups in total. The summed E-state index contributed by atoms with van der Waals surface area (Å²) in [5.41, 5.74) is 1.22. The van der Waals surface area contributed by atoms with Crippen molar-refractivity contribution in [1.29, 1.82) is 0 Å². The maximum atomic E-state index is 12.3. The largest absolute Gasteiger partial charge is 0.491 e. The summed E-state index contributed by atoms with van der Waals surface area (Å²) in [5, 5.41) is 2.45. The first-order valence-corrected chi connectivity index (χ1v) is 9.11. The summed E-state index contributed by atoms with van der Waals surface area (Å²) < 4.78 is 10.4. The van der Waals surface area contributed by atoms with E-state index in [0.29, 0.717) is 41.9 Å². The van der Waals surface area contributed by atoms with Crippen LogP contribution in [0, 0.1) is 0 Å². The maximum absolute atomic E-state index is 12.3. The van der Waals surface area contributed by atoms with Crippen LogP contribution in [0.25, 0.3) is 6.08 Å². The molecule has 2 aromatic rings. The molecule has 0 bridgehead atoms. The third-order valence-electron chi connectivity index (χ3n) is 3.54. The molecule has 0 aliphatic carbocycles. The van der Waals surface area contributed by atoms with Crippen LogP contribution in [0.5, 0.6) is 5.75 Å². The molecule has 0 saturated heterocycles. The summed E-state index contributed by atoms with van der Waals surface area (Å²) in [4.78, 5) is 29.8. The lowest BCUT2D eigenvalue weighted by Crippen LogP contribution is -2.27. The Bertz CT molecular complexity index is 768. The highest BCUT2D eigenvalue weighted by Gasteiger charge is 2.12. The van der Waals surface area contributed by atoms with Gasteiger partial charge in [-0.1, -0.05) is 0 Å². The lowest BCUT2D eigenvalue weighted by atomic mass is 10.1. The van der Waals surface area contributed by atoms with Crippen LogP contribution in [0.15, 0.2) is 35.7 Å². The van der Waals surface area contributed by atoms with Crippen molar-refractivity contribution < 1.29 is 19.1 Å². The topological polar surface area (TPSA) is 68.7 Å². The number of hydrogen-bond acceptors (Lipinski definition) is 6. The molecule has 2 rings (SSSR count). The van der Waals surface area contributed by atoms with Gasteiger partial charge >= 0.3 is 0 Å². The average Bonchev–Trinajstić information content (AvgIpc) is 3.09. The Hall–Kier alpha value is -2.51. The van der Waals surface area contributed by atoms with Crippen LogP contribution in [0.1, 0.15) is 29.9 Å². The number of carbonyl (C=O) groups is 2. The zero-order valence-corrected chi connectivity index (χ0v) is 15.9. The smallest absolute Gasteiger partial charge is 0.225 e. The van der Waals surface area contributed by atoms with E-state index in [1.807, 2.05) is 12.3 Å². The van der Waals surface area contributed by atoms with Gasteiger partial charge in [0.15, 0.2) is 10.9 Å². The number of benzene rings is 1. The van der Waals surface area contributed by atoms with E-state index in [9.17, 15) is 9.59 Å². The molecule has 0 saturated carbocycles. The van der Waals surface area contributed by atoms with Crippen LogP contribution >= 0.6 is 11.3 Å². The Morgan fingerprint density at radius 3 is 2.58 bits per heavy atom. The summed E-state index contributed by atoms with van der Waals surface area (Å²) in [6.07, 6.45) is 3.13. The van der Waals surface area contributed by atoms with E-state index < -0.39 is 0 Å². The first kappa shape index (κ1) is 19.8. The molecule has 26 heavy (non-hydrogen) atoms. The van der Waals surface area contributed by atoms with Crippen LogP contribution < -0.4 is 9.64 Å². The van der Waals surface area contributed by atoms with Crippen LogP contribution in [-0.2, 0) is 9.53 Å². The van der Waals surface area contributed by atoms with Crippen molar-refractivity contribution in [1.82, 2.24) is 4.98 Å².